The van der Waals surface area contributed by atoms with Crippen LogP contribution in [0, 0.1) is 0 Å². The van der Waals surface area contributed by atoms with Gasteiger partial charge in [0.1, 0.15) is 29.0 Å². The van der Waals surface area contributed by atoms with E-state index in [1.54, 1.807) is 22.6 Å². The van der Waals surface area contributed by atoms with Crippen LogP contribution in [0.2, 0.25) is 0 Å². The van der Waals surface area contributed by atoms with Crippen molar-refractivity contribution in [1.82, 2.24) is 14.9 Å². The summed E-state index contributed by atoms with van der Waals surface area (Å²) in [7, 11) is 3.33. The first-order chi connectivity index (χ1) is 16.6. The topological polar surface area (TPSA) is 117 Å². The molecule has 2 atom stereocenters. The van der Waals surface area contributed by atoms with Gasteiger partial charge in [-0.1, -0.05) is 0 Å². The highest BCUT2D eigenvalue weighted by molar-refractivity contribution is 7.19. The summed E-state index contributed by atoms with van der Waals surface area (Å²) in [5, 5.41) is 0.960. The van der Waals surface area contributed by atoms with Crippen LogP contribution in [0.25, 0.3) is 10.2 Å². The van der Waals surface area contributed by atoms with Crippen LogP contribution < -0.4 is 10.5 Å². The van der Waals surface area contributed by atoms with Gasteiger partial charge in [0.05, 0.1) is 5.39 Å². The maximum Gasteiger partial charge on any atom is 0.410 e. The largest absolute Gasteiger partial charge is 0.474 e. The Morgan fingerprint density at radius 3 is 2.54 bits per heavy atom. The Morgan fingerprint density at radius 2 is 1.91 bits per heavy atom. The molecule has 0 spiro atoms. The van der Waals surface area contributed by atoms with Gasteiger partial charge in [0, 0.05) is 25.1 Å². The van der Waals surface area contributed by atoms with Gasteiger partial charge < -0.3 is 24.8 Å². The summed E-state index contributed by atoms with van der Waals surface area (Å²) in [4.78, 5) is 37.1. The number of ether oxygens (including phenoxy) is 3. The van der Waals surface area contributed by atoms with Crippen LogP contribution >= 0.6 is 11.3 Å². The number of fused-ring (bicyclic) bond motifs is 3. The first-order valence-corrected chi connectivity index (χ1v) is 13.1. The maximum absolute atomic E-state index is 12.4. The Bertz CT molecular complexity index is 1070. The van der Waals surface area contributed by atoms with Gasteiger partial charge in [0.15, 0.2) is 0 Å². The molecule has 1 saturated carbocycles. The summed E-state index contributed by atoms with van der Waals surface area (Å²) in [5.74, 6) is 0.320. The minimum Gasteiger partial charge on any atom is -0.474 e. The van der Waals surface area contributed by atoms with Gasteiger partial charge in [-0.05, 0) is 77.2 Å². The molecule has 0 radical (unpaired) electrons. The Kier molecular flexibility index (Phi) is 7.51. The molecule has 10 heteroatoms. The van der Waals surface area contributed by atoms with Crippen molar-refractivity contribution in [3.63, 3.8) is 0 Å². The summed E-state index contributed by atoms with van der Waals surface area (Å²) in [5.41, 5.74) is 6.20. The molecule has 9 nitrogen and oxygen atoms in total. The Morgan fingerprint density at radius 1 is 1.20 bits per heavy atom. The zero-order valence-electron chi connectivity index (χ0n) is 21.2. The fourth-order valence-corrected chi connectivity index (χ4v) is 6.37. The third-order valence-corrected chi connectivity index (χ3v) is 8.12. The van der Waals surface area contributed by atoms with Crippen molar-refractivity contribution in [2.24, 2.45) is 5.73 Å². The van der Waals surface area contributed by atoms with Crippen molar-refractivity contribution in [3.05, 3.63) is 16.8 Å². The van der Waals surface area contributed by atoms with E-state index in [1.165, 1.54) is 17.6 Å². The van der Waals surface area contributed by atoms with E-state index >= 15 is 0 Å². The van der Waals surface area contributed by atoms with E-state index in [1.807, 2.05) is 27.8 Å². The van der Waals surface area contributed by atoms with Crippen molar-refractivity contribution < 1.29 is 23.8 Å². The van der Waals surface area contributed by atoms with Crippen molar-refractivity contribution in [2.75, 3.05) is 14.2 Å². The summed E-state index contributed by atoms with van der Waals surface area (Å²) in [6.45, 7) is 5.63. The SMILES string of the molecule is CO[C@@H](C[C@H]1CCc2sc3ncnc(O[C@H]4CC[C@H](N(C)C(=O)OC(C)(C)C)CC4)c3c21)C(N)=O. The van der Waals surface area contributed by atoms with Gasteiger partial charge in [-0.25, -0.2) is 14.8 Å². The molecule has 2 amide bonds. The number of hydrogen-bond donors (Lipinski definition) is 1. The Balaban J connectivity index is 1.46. The molecule has 192 valence electrons. The number of carbonyl (C=O) groups excluding carboxylic acids is 2. The maximum atomic E-state index is 12.4. The molecule has 1 fully saturated rings. The van der Waals surface area contributed by atoms with E-state index in [0.717, 1.165) is 48.7 Å². The van der Waals surface area contributed by atoms with Crippen molar-refractivity contribution in [3.8, 4) is 5.88 Å². The van der Waals surface area contributed by atoms with Crippen LogP contribution in [-0.4, -0.2) is 64.9 Å². The quantitative estimate of drug-likeness (QED) is 0.601. The first kappa shape index (κ1) is 25.6. The molecule has 2 aliphatic rings. The second-order valence-electron chi connectivity index (χ2n) is 10.5. The lowest BCUT2D eigenvalue weighted by molar-refractivity contribution is -0.128. The number of thiophene rings is 1. The number of methoxy groups -OCH3 is 1. The average molecular weight is 505 g/mol. The number of nitrogens with zero attached hydrogens (tertiary/aromatic N) is 3. The predicted octanol–water partition coefficient (Wildman–Crippen LogP) is 4.17. The second kappa shape index (κ2) is 10.3. The molecule has 4 rings (SSSR count). The van der Waals surface area contributed by atoms with Crippen molar-refractivity contribution in [2.45, 2.75) is 95.5 Å². The lowest BCUT2D eigenvalue weighted by Gasteiger charge is -2.35. The fourth-order valence-electron chi connectivity index (χ4n) is 5.14. The molecule has 0 unspecified atom stereocenters. The van der Waals surface area contributed by atoms with Crippen LogP contribution in [0.1, 0.15) is 75.7 Å². The molecule has 2 aromatic rings. The van der Waals surface area contributed by atoms with Crippen molar-refractivity contribution >= 4 is 33.6 Å². The molecule has 0 bridgehead atoms. The molecule has 0 aliphatic heterocycles. The normalized spacial score (nSPS) is 23.1. The third kappa shape index (κ3) is 5.69. The highest BCUT2D eigenvalue weighted by atomic mass is 32.1. The molecule has 0 aromatic carbocycles. The smallest absolute Gasteiger partial charge is 0.410 e. The van der Waals surface area contributed by atoms with E-state index < -0.39 is 17.6 Å². The Labute approximate surface area is 210 Å². The second-order valence-corrected chi connectivity index (χ2v) is 11.6. The van der Waals surface area contributed by atoms with Crippen LogP contribution in [0.5, 0.6) is 5.88 Å². The highest BCUT2D eigenvalue weighted by Crippen LogP contribution is 2.48. The summed E-state index contributed by atoms with van der Waals surface area (Å²) < 4.78 is 17.3. The number of primary amides is 1. The van der Waals surface area contributed by atoms with E-state index in [9.17, 15) is 9.59 Å². The summed E-state index contributed by atoms with van der Waals surface area (Å²) in [6.07, 6.45) is 6.43. The molecule has 2 aromatic heterocycles. The predicted molar refractivity (Wildman–Crippen MR) is 134 cm³/mol. The first-order valence-electron chi connectivity index (χ1n) is 12.3. The van der Waals surface area contributed by atoms with Gasteiger partial charge in [0.25, 0.3) is 0 Å². The number of amides is 2. The van der Waals surface area contributed by atoms with E-state index in [4.69, 9.17) is 19.9 Å². The molecule has 0 saturated heterocycles. The van der Waals surface area contributed by atoms with Crippen LogP contribution in [0.3, 0.4) is 0 Å². The third-order valence-electron chi connectivity index (χ3n) is 6.95. The molecule has 2 N–H and O–H groups in total. The van der Waals surface area contributed by atoms with Gasteiger partial charge in [0.2, 0.25) is 11.8 Å². The number of rotatable bonds is 7. The zero-order valence-corrected chi connectivity index (χ0v) is 22.0. The minimum absolute atomic E-state index is 0.0177. The van der Waals surface area contributed by atoms with Crippen LogP contribution in [0.4, 0.5) is 4.79 Å². The fraction of sp³-hybridized carbons (Fsp3) is 0.680. The average Bonchev–Trinajstić information content (AvgIpc) is 3.35. The molecule has 2 aliphatic carbocycles. The zero-order chi connectivity index (χ0) is 25.3. The van der Waals surface area contributed by atoms with Gasteiger partial charge in [-0.2, -0.15) is 0 Å². The van der Waals surface area contributed by atoms with E-state index in [-0.39, 0.29) is 24.2 Å². The van der Waals surface area contributed by atoms with Gasteiger partial charge in [-0.15, -0.1) is 11.3 Å². The molecular formula is C25H36N4O5S. The van der Waals surface area contributed by atoms with Gasteiger partial charge >= 0.3 is 6.09 Å². The lowest BCUT2D eigenvalue weighted by Crippen LogP contribution is -2.43. The molecular weight excluding hydrogens is 468 g/mol. The molecule has 35 heavy (non-hydrogen) atoms. The number of carbonyl (C=O) groups is 2. The summed E-state index contributed by atoms with van der Waals surface area (Å²) >= 11 is 1.68. The van der Waals surface area contributed by atoms with Crippen LogP contribution in [-0.2, 0) is 20.7 Å². The Hall–Kier alpha value is -2.46. The number of aryl methyl sites for hydroxylation is 1. The number of aromatic nitrogens is 2. The lowest BCUT2D eigenvalue weighted by atomic mass is 9.92. The summed E-state index contributed by atoms with van der Waals surface area (Å²) in [6, 6.07) is 0.129. The van der Waals surface area contributed by atoms with E-state index in [0.29, 0.717) is 12.3 Å². The minimum atomic E-state index is -0.618. The van der Waals surface area contributed by atoms with Gasteiger partial charge in [-0.3, -0.25) is 4.79 Å². The molecule has 2 heterocycles. The van der Waals surface area contributed by atoms with Crippen LogP contribution in [0.15, 0.2) is 6.33 Å². The highest BCUT2D eigenvalue weighted by Gasteiger charge is 2.34. The van der Waals surface area contributed by atoms with E-state index in [2.05, 4.69) is 9.97 Å². The standard InChI is InChI=1S/C25H36N4O5S/c1-25(2,3)34-24(31)29(4)15-7-9-16(10-8-15)33-22-20-19-14(12-17(32-5)21(26)30)6-11-18(19)35-23(20)28-13-27-22/h13-17H,6-12H2,1-5H3,(H2,26,30)/t14-,15-,16-,17+/m1/s1. The number of hydrogen-bond acceptors (Lipinski definition) is 8. The van der Waals surface area contributed by atoms with Crippen molar-refractivity contribution in [1.29, 1.82) is 0 Å². The number of nitrogens with two attached hydrogens (primary N) is 1. The monoisotopic (exact) mass is 504 g/mol.